The molecule has 1 fully saturated rings. The van der Waals surface area contributed by atoms with Crippen LogP contribution in [0.4, 0.5) is 0 Å². The number of nitrogens with two attached hydrogens (primary N) is 1. The highest BCUT2D eigenvalue weighted by atomic mass is 35.5. The number of piperidine rings is 1. The number of carbonyl (C=O) groups excluding carboxylic acids is 1. The molecular weight excluding hydrogens is 316 g/mol. The minimum Gasteiger partial charge on any atom is -0.342 e. The van der Waals surface area contributed by atoms with Gasteiger partial charge in [0.1, 0.15) is 0 Å². The number of carbonyl (C=O) groups is 1. The zero-order chi connectivity index (χ0) is 15.0. The molecule has 3 rings (SSSR count). The zero-order valence-electron chi connectivity index (χ0n) is 13.2. The van der Waals surface area contributed by atoms with Crippen LogP contribution in [0.25, 0.3) is 0 Å². The summed E-state index contributed by atoms with van der Waals surface area (Å²) in [5.41, 5.74) is 7.41. The summed E-state index contributed by atoms with van der Waals surface area (Å²) in [6, 6.07) is 8.54. The van der Waals surface area contributed by atoms with Crippen molar-refractivity contribution in [2.45, 2.75) is 43.5 Å². The molecule has 5 heteroatoms. The van der Waals surface area contributed by atoms with Crippen LogP contribution in [0.2, 0.25) is 0 Å². The van der Waals surface area contributed by atoms with Crippen LogP contribution in [0.1, 0.15) is 38.2 Å². The van der Waals surface area contributed by atoms with Gasteiger partial charge in [0.2, 0.25) is 5.91 Å². The molecule has 0 saturated carbocycles. The predicted octanol–water partition coefficient (Wildman–Crippen LogP) is 3.27. The van der Waals surface area contributed by atoms with E-state index in [0.29, 0.717) is 5.91 Å². The molecule has 1 aromatic rings. The van der Waals surface area contributed by atoms with E-state index in [9.17, 15) is 4.79 Å². The molecule has 2 aliphatic heterocycles. The third-order valence-electron chi connectivity index (χ3n) is 4.88. The fraction of sp³-hybridized carbons (Fsp3) is 0.588. The Bertz CT molecular complexity index is 549. The van der Waals surface area contributed by atoms with Crippen LogP contribution in [0.15, 0.2) is 29.2 Å². The molecule has 1 amide bonds. The highest BCUT2D eigenvalue weighted by Crippen LogP contribution is 2.39. The number of amides is 1. The fourth-order valence-corrected chi connectivity index (χ4v) is 4.51. The van der Waals surface area contributed by atoms with E-state index in [1.807, 2.05) is 22.7 Å². The molecule has 2 atom stereocenters. The van der Waals surface area contributed by atoms with Crippen molar-refractivity contribution in [1.82, 2.24) is 4.90 Å². The van der Waals surface area contributed by atoms with E-state index in [4.69, 9.17) is 5.73 Å². The molecule has 0 spiro atoms. The van der Waals surface area contributed by atoms with Crippen molar-refractivity contribution in [3.8, 4) is 0 Å². The highest BCUT2D eigenvalue weighted by molar-refractivity contribution is 7.99. The maximum absolute atomic E-state index is 13.0. The molecule has 0 radical (unpaired) electrons. The summed E-state index contributed by atoms with van der Waals surface area (Å²) in [7, 11) is 0. The molecule has 0 bridgehead atoms. The molecule has 2 aliphatic rings. The second kappa shape index (κ2) is 6.81. The Balaban J connectivity index is 0.00000176. The maximum Gasteiger partial charge on any atom is 0.230 e. The highest BCUT2D eigenvalue weighted by Gasteiger charge is 2.38. The van der Waals surface area contributed by atoms with Crippen molar-refractivity contribution < 1.29 is 4.79 Å². The van der Waals surface area contributed by atoms with Crippen molar-refractivity contribution in [2.75, 3.05) is 18.8 Å². The lowest BCUT2D eigenvalue weighted by molar-refractivity contribution is -0.136. The summed E-state index contributed by atoms with van der Waals surface area (Å²) < 4.78 is 0. The average Bonchev–Trinajstić information content (AvgIpc) is 2.48. The largest absolute Gasteiger partial charge is 0.342 e. The van der Waals surface area contributed by atoms with Gasteiger partial charge in [0.25, 0.3) is 0 Å². The smallest absolute Gasteiger partial charge is 0.230 e. The van der Waals surface area contributed by atoms with Gasteiger partial charge in [-0.25, -0.2) is 0 Å². The third-order valence-corrected chi connectivity index (χ3v) is 6.00. The van der Waals surface area contributed by atoms with Crippen molar-refractivity contribution in [2.24, 2.45) is 11.1 Å². The maximum atomic E-state index is 13.0. The standard InChI is InChI=1S/C17H24N2OS.ClH/c1-17(2)11-19(9-7-15(17)18)16(20)13-8-10-21-14-6-4-3-5-12(13)14;/h3-6,13,15H,7-11,18H2,1-2H3;1H. The average molecular weight is 341 g/mol. The first-order valence-electron chi connectivity index (χ1n) is 7.75. The summed E-state index contributed by atoms with van der Waals surface area (Å²) in [6.45, 7) is 5.91. The minimum absolute atomic E-state index is 0. The van der Waals surface area contributed by atoms with E-state index in [0.717, 1.165) is 31.7 Å². The van der Waals surface area contributed by atoms with Gasteiger partial charge in [-0.1, -0.05) is 32.0 Å². The van der Waals surface area contributed by atoms with Crippen molar-refractivity contribution >= 4 is 30.1 Å². The number of rotatable bonds is 1. The first-order chi connectivity index (χ1) is 9.99. The number of nitrogens with zero attached hydrogens (tertiary/aromatic N) is 1. The van der Waals surface area contributed by atoms with Crippen LogP contribution in [-0.4, -0.2) is 35.7 Å². The predicted molar refractivity (Wildman–Crippen MR) is 94.7 cm³/mol. The van der Waals surface area contributed by atoms with Crippen LogP contribution >= 0.6 is 24.2 Å². The summed E-state index contributed by atoms with van der Waals surface area (Å²) in [5, 5.41) is 0. The third kappa shape index (κ3) is 3.29. The molecule has 2 heterocycles. The summed E-state index contributed by atoms with van der Waals surface area (Å²) in [5.74, 6) is 1.36. The van der Waals surface area contributed by atoms with E-state index in [1.54, 1.807) is 0 Å². The van der Waals surface area contributed by atoms with Crippen LogP contribution in [0.5, 0.6) is 0 Å². The molecule has 3 nitrogen and oxygen atoms in total. The van der Waals surface area contributed by atoms with Gasteiger partial charge >= 0.3 is 0 Å². The molecular formula is C17H25ClN2OS. The second-order valence-electron chi connectivity index (χ2n) is 6.87. The van der Waals surface area contributed by atoms with Gasteiger partial charge in [-0.15, -0.1) is 24.2 Å². The van der Waals surface area contributed by atoms with Crippen LogP contribution in [-0.2, 0) is 4.79 Å². The van der Waals surface area contributed by atoms with Crippen molar-refractivity contribution in [1.29, 1.82) is 0 Å². The van der Waals surface area contributed by atoms with Crippen molar-refractivity contribution in [3.63, 3.8) is 0 Å². The number of fused-ring (bicyclic) bond motifs is 1. The lowest BCUT2D eigenvalue weighted by Gasteiger charge is -2.44. The molecule has 1 aromatic carbocycles. The second-order valence-corrected chi connectivity index (χ2v) is 8.01. The SMILES string of the molecule is CC1(C)CN(C(=O)C2CCSc3ccccc32)CCC1N.Cl. The number of hydrogen-bond acceptors (Lipinski definition) is 3. The first kappa shape index (κ1) is 17.6. The molecule has 22 heavy (non-hydrogen) atoms. The van der Waals surface area contributed by atoms with Gasteiger partial charge in [-0.2, -0.15) is 0 Å². The Morgan fingerprint density at radius 2 is 2.05 bits per heavy atom. The summed E-state index contributed by atoms with van der Waals surface area (Å²) >= 11 is 1.87. The lowest BCUT2D eigenvalue weighted by atomic mass is 9.79. The Kier molecular flexibility index (Phi) is 5.46. The van der Waals surface area contributed by atoms with Gasteiger partial charge < -0.3 is 10.6 Å². The minimum atomic E-state index is 0. The van der Waals surface area contributed by atoms with Crippen LogP contribution in [0, 0.1) is 5.41 Å². The Morgan fingerprint density at radius 1 is 1.32 bits per heavy atom. The van der Waals surface area contributed by atoms with Gasteiger partial charge in [-0.05, 0) is 35.6 Å². The van der Waals surface area contributed by atoms with E-state index in [1.165, 1.54) is 10.5 Å². The Labute approximate surface area is 143 Å². The van der Waals surface area contributed by atoms with E-state index < -0.39 is 0 Å². The number of benzene rings is 1. The molecule has 0 aromatic heterocycles. The lowest BCUT2D eigenvalue weighted by Crippen LogP contribution is -2.54. The van der Waals surface area contributed by atoms with Gasteiger partial charge in [0, 0.05) is 24.0 Å². The van der Waals surface area contributed by atoms with Gasteiger partial charge in [-0.3, -0.25) is 4.79 Å². The van der Waals surface area contributed by atoms with Crippen LogP contribution in [0.3, 0.4) is 0 Å². The number of halogens is 1. The number of likely N-dealkylation sites (tertiary alicyclic amines) is 1. The monoisotopic (exact) mass is 340 g/mol. The number of hydrogen-bond donors (Lipinski definition) is 1. The summed E-state index contributed by atoms with van der Waals surface area (Å²) in [4.78, 5) is 16.3. The van der Waals surface area contributed by atoms with Crippen LogP contribution < -0.4 is 5.73 Å². The topological polar surface area (TPSA) is 46.3 Å². The van der Waals surface area contributed by atoms with Crippen molar-refractivity contribution in [3.05, 3.63) is 29.8 Å². The van der Waals surface area contributed by atoms with E-state index in [2.05, 4.69) is 32.0 Å². The van der Waals surface area contributed by atoms with E-state index >= 15 is 0 Å². The van der Waals surface area contributed by atoms with Gasteiger partial charge in [0.05, 0.1) is 5.92 Å². The molecule has 2 unspecified atom stereocenters. The normalized spacial score (nSPS) is 26.8. The van der Waals surface area contributed by atoms with Gasteiger partial charge in [0.15, 0.2) is 0 Å². The quantitative estimate of drug-likeness (QED) is 0.853. The molecule has 2 N–H and O–H groups in total. The summed E-state index contributed by atoms with van der Waals surface area (Å²) in [6.07, 6.45) is 1.85. The Hall–Kier alpha value is -0.710. The molecule has 1 saturated heterocycles. The zero-order valence-corrected chi connectivity index (χ0v) is 14.9. The fourth-order valence-electron chi connectivity index (χ4n) is 3.38. The first-order valence-corrected chi connectivity index (χ1v) is 8.74. The molecule has 0 aliphatic carbocycles. The Morgan fingerprint density at radius 3 is 2.77 bits per heavy atom. The van der Waals surface area contributed by atoms with E-state index in [-0.39, 0.29) is 29.8 Å². The molecule has 122 valence electrons. The number of thioether (sulfide) groups is 1.